The molecule has 0 amide bonds. The SMILES string of the molecule is CC(NCC(C)(C)NS(C)(=O)=O)c1cc(Br)ccc1F. The highest BCUT2D eigenvalue weighted by atomic mass is 79.9. The first-order valence-electron chi connectivity index (χ1n) is 6.17. The van der Waals surface area contributed by atoms with Crippen molar-refractivity contribution in [3.8, 4) is 0 Å². The average Bonchev–Trinajstić information content (AvgIpc) is 2.26. The maximum absolute atomic E-state index is 13.7. The second-order valence-electron chi connectivity index (χ2n) is 5.53. The molecule has 0 aromatic heterocycles. The second kappa shape index (κ2) is 6.51. The number of rotatable bonds is 6. The van der Waals surface area contributed by atoms with Crippen molar-refractivity contribution in [3.63, 3.8) is 0 Å². The molecule has 2 N–H and O–H groups in total. The van der Waals surface area contributed by atoms with Gasteiger partial charge in [0.25, 0.3) is 0 Å². The van der Waals surface area contributed by atoms with Crippen molar-refractivity contribution >= 4 is 26.0 Å². The molecule has 0 fully saturated rings. The monoisotopic (exact) mass is 366 g/mol. The molecule has 4 nitrogen and oxygen atoms in total. The van der Waals surface area contributed by atoms with Gasteiger partial charge in [-0.15, -0.1) is 0 Å². The molecule has 0 radical (unpaired) electrons. The summed E-state index contributed by atoms with van der Waals surface area (Å²) in [6, 6.07) is 4.52. The standard InChI is InChI=1S/C13H20BrFN2O2S/c1-9(11-7-10(14)5-6-12(11)15)16-8-13(2,3)17-20(4,18)19/h5-7,9,16-17H,8H2,1-4H3. The van der Waals surface area contributed by atoms with Crippen molar-refractivity contribution in [1.29, 1.82) is 0 Å². The first kappa shape index (κ1) is 17.6. The zero-order valence-electron chi connectivity index (χ0n) is 12.0. The van der Waals surface area contributed by atoms with E-state index in [1.54, 1.807) is 26.0 Å². The van der Waals surface area contributed by atoms with Gasteiger partial charge in [-0.3, -0.25) is 0 Å². The van der Waals surface area contributed by atoms with Crippen LogP contribution in [0.25, 0.3) is 0 Å². The summed E-state index contributed by atoms with van der Waals surface area (Å²) < 4.78 is 39.6. The van der Waals surface area contributed by atoms with Crippen LogP contribution < -0.4 is 10.0 Å². The quantitative estimate of drug-likeness (QED) is 0.813. The van der Waals surface area contributed by atoms with Gasteiger partial charge in [-0.1, -0.05) is 15.9 Å². The number of benzene rings is 1. The summed E-state index contributed by atoms with van der Waals surface area (Å²) in [5.41, 5.74) is -0.112. The zero-order chi connectivity index (χ0) is 15.6. The number of sulfonamides is 1. The summed E-state index contributed by atoms with van der Waals surface area (Å²) >= 11 is 3.31. The summed E-state index contributed by atoms with van der Waals surface area (Å²) in [7, 11) is -3.28. The maximum Gasteiger partial charge on any atom is 0.209 e. The Morgan fingerprint density at radius 1 is 1.40 bits per heavy atom. The lowest BCUT2D eigenvalue weighted by Gasteiger charge is -2.27. The molecule has 1 rings (SSSR count). The molecule has 0 aliphatic carbocycles. The zero-order valence-corrected chi connectivity index (χ0v) is 14.4. The Balaban J connectivity index is 2.72. The summed E-state index contributed by atoms with van der Waals surface area (Å²) in [6.07, 6.45) is 1.12. The number of nitrogens with one attached hydrogen (secondary N) is 2. The molecule has 0 spiro atoms. The minimum Gasteiger partial charge on any atom is -0.308 e. The maximum atomic E-state index is 13.7. The van der Waals surface area contributed by atoms with Gasteiger partial charge >= 0.3 is 0 Å². The Labute approximate surface area is 128 Å². The molecule has 0 saturated heterocycles. The highest BCUT2D eigenvalue weighted by molar-refractivity contribution is 9.10. The van der Waals surface area contributed by atoms with Gasteiger partial charge < -0.3 is 5.32 Å². The smallest absolute Gasteiger partial charge is 0.209 e. The minimum absolute atomic E-state index is 0.229. The molecule has 1 atom stereocenters. The Morgan fingerprint density at radius 3 is 2.55 bits per heavy atom. The van der Waals surface area contributed by atoms with Crippen LogP contribution in [0, 0.1) is 5.82 Å². The Morgan fingerprint density at radius 2 is 2.00 bits per heavy atom. The van der Waals surface area contributed by atoms with Crippen molar-refractivity contribution in [2.45, 2.75) is 32.4 Å². The Bertz CT molecular complexity index is 576. The van der Waals surface area contributed by atoms with E-state index >= 15 is 0 Å². The topological polar surface area (TPSA) is 58.2 Å². The summed E-state index contributed by atoms with van der Waals surface area (Å²) in [5.74, 6) is -0.290. The van der Waals surface area contributed by atoms with Gasteiger partial charge in [-0.2, -0.15) is 0 Å². The van der Waals surface area contributed by atoms with E-state index in [1.165, 1.54) is 6.07 Å². The third-order valence-electron chi connectivity index (χ3n) is 2.74. The van der Waals surface area contributed by atoms with Crippen LogP contribution in [0.4, 0.5) is 4.39 Å². The summed E-state index contributed by atoms with van der Waals surface area (Å²) in [6.45, 7) is 5.75. The van der Waals surface area contributed by atoms with Crippen molar-refractivity contribution in [3.05, 3.63) is 34.1 Å². The predicted molar refractivity (Wildman–Crippen MR) is 82.6 cm³/mol. The van der Waals surface area contributed by atoms with Crippen molar-refractivity contribution < 1.29 is 12.8 Å². The van der Waals surface area contributed by atoms with Crippen LogP contribution in [-0.2, 0) is 10.0 Å². The van der Waals surface area contributed by atoms with E-state index in [4.69, 9.17) is 0 Å². The molecule has 20 heavy (non-hydrogen) atoms. The molecule has 0 saturated carbocycles. The van der Waals surface area contributed by atoms with Gasteiger partial charge in [-0.05, 0) is 39.0 Å². The average molecular weight is 367 g/mol. The van der Waals surface area contributed by atoms with Gasteiger partial charge in [0.05, 0.1) is 6.26 Å². The van der Waals surface area contributed by atoms with E-state index in [-0.39, 0.29) is 11.9 Å². The molecule has 7 heteroatoms. The minimum atomic E-state index is -3.28. The van der Waals surface area contributed by atoms with E-state index in [0.29, 0.717) is 12.1 Å². The number of hydrogen-bond donors (Lipinski definition) is 2. The van der Waals surface area contributed by atoms with Crippen LogP contribution in [0.3, 0.4) is 0 Å². The largest absolute Gasteiger partial charge is 0.308 e. The van der Waals surface area contributed by atoms with Gasteiger partial charge in [0.15, 0.2) is 0 Å². The van der Waals surface area contributed by atoms with Crippen LogP contribution in [0.5, 0.6) is 0 Å². The lowest BCUT2D eigenvalue weighted by molar-refractivity contribution is 0.394. The van der Waals surface area contributed by atoms with Crippen LogP contribution in [0.15, 0.2) is 22.7 Å². The van der Waals surface area contributed by atoms with Crippen LogP contribution >= 0.6 is 15.9 Å². The van der Waals surface area contributed by atoms with E-state index in [1.807, 2.05) is 6.92 Å². The molecule has 0 heterocycles. The third-order valence-corrected chi connectivity index (χ3v) is 4.15. The predicted octanol–water partition coefficient (Wildman–Crippen LogP) is 2.57. The summed E-state index contributed by atoms with van der Waals surface area (Å²) in [5, 5.41) is 3.14. The molecular formula is C13H20BrFN2O2S. The Kier molecular flexibility index (Phi) is 5.71. The summed E-state index contributed by atoms with van der Waals surface area (Å²) in [4.78, 5) is 0. The fourth-order valence-corrected chi connectivity index (χ4v) is 3.36. The van der Waals surface area contributed by atoms with Gasteiger partial charge in [0.1, 0.15) is 5.82 Å². The number of halogens is 2. The van der Waals surface area contributed by atoms with E-state index < -0.39 is 15.6 Å². The highest BCUT2D eigenvalue weighted by Crippen LogP contribution is 2.21. The van der Waals surface area contributed by atoms with Crippen molar-refractivity contribution in [1.82, 2.24) is 10.0 Å². The van der Waals surface area contributed by atoms with Crippen molar-refractivity contribution in [2.24, 2.45) is 0 Å². The second-order valence-corrected chi connectivity index (χ2v) is 8.19. The molecule has 114 valence electrons. The molecule has 1 unspecified atom stereocenters. The van der Waals surface area contributed by atoms with E-state index in [9.17, 15) is 12.8 Å². The van der Waals surface area contributed by atoms with E-state index in [0.717, 1.165) is 10.7 Å². The molecule has 0 aliphatic rings. The van der Waals surface area contributed by atoms with Gasteiger partial charge in [-0.25, -0.2) is 17.5 Å². The molecule has 0 bridgehead atoms. The Hall–Kier alpha value is -0.500. The highest BCUT2D eigenvalue weighted by Gasteiger charge is 2.23. The number of hydrogen-bond acceptors (Lipinski definition) is 3. The van der Waals surface area contributed by atoms with Crippen LogP contribution in [0.2, 0.25) is 0 Å². The molecular weight excluding hydrogens is 347 g/mol. The third kappa shape index (κ3) is 5.87. The van der Waals surface area contributed by atoms with Gasteiger partial charge in [0.2, 0.25) is 10.0 Å². The van der Waals surface area contributed by atoms with Crippen LogP contribution in [0.1, 0.15) is 32.4 Å². The van der Waals surface area contributed by atoms with E-state index in [2.05, 4.69) is 26.0 Å². The first-order valence-corrected chi connectivity index (χ1v) is 8.86. The lowest BCUT2D eigenvalue weighted by atomic mass is 10.0. The fourth-order valence-electron chi connectivity index (χ4n) is 1.90. The fraction of sp³-hybridized carbons (Fsp3) is 0.538. The molecule has 1 aromatic carbocycles. The molecule has 1 aromatic rings. The van der Waals surface area contributed by atoms with Crippen molar-refractivity contribution in [2.75, 3.05) is 12.8 Å². The normalized spacial score (nSPS) is 14.3. The van der Waals surface area contributed by atoms with Gasteiger partial charge in [0, 0.05) is 28.2 Å². The molecule has 0 aliphatic heterocycles. The van der Waals surface area contributed by atoms with Crippen LogP contribution in [-0.4, -0.2) is 26.8 Å². The lowest BCUT2D eigenvalue weighted by Crippen LogP contribution is -2.50. The first-order chi connectivity index (χ1) is 9.00.